The molecule has 1 N–H and O–H groups in total. The van der Waals surface area contributed by atoms with Gasteiger partial charge in [0.05, 0.1) is 0 Å². The highest BCUT2D eigenvalue weighted by Gasteiger charge is 2.49. The van der Waals surface area contributed by atoms with Crippen LogP contribution in [0.15, 0.2) is 0 Å². The predicted molar refractivity (Wildman–Crippen MR) is 70.0 cm³/mol. The number of nitrogens with one attached hydrogen (secondary N) is 1. The molecule has 4 nitrogen and oxygen atoms in total. The fourth-order valence-electron chi connectivity index (χ4n) is 2.68. The van der Waals surface area contributed by atoms with E-state index in [2.05, 4.69) is 5.32 Å². The maximum atomic E-state index is 11.9. The van der Waals surface area contributed by atoms with Crippen molar-refractivity contribution >= 4 is 11.9 Å². The van der Waals surface area contributed by atoms with Crippen molar-refractivity contribution in [2.24, 2.45) is 11.8 Å². The molecule has 1 saturated carbocycles. The van der Waals surface area contributed by atoms with Crippen molar-refractivity contribution in [2.45, 2.75) is 65.5 Å². The third-order valence-corrected chi connectivity index (χ3v) is 3.29. The molecule has 0 radical (unpaired) electrons. The second-order valence-electron chi connectivity index (χ2n) is 5.72. The van der Waals surface area contributed by atoms with E-state index in [0.717, 1.165) is 19.3 Å². The zero-order valence-corrected chi connectivity index (χ0v) is 12.1. The number of hydrogen-bond acceptors (Lipinski definition) is 3. The molecule has 3 atom stereocenters. The number of carbonyl (C=O) groups excluding carboxylic acids is 2. The molecule has 0 aromatic heterocycles. The van der Waals surface area contributed by atoms with E-state index in [1.807, 2.05) is 34.6 Å². The van der Waals surface area contributed by atoms with Crippen molar-refractivity contribution in [3.05, 3.63) is 0 Å². The minimum absolute atomic E-state index is 0.0263. The fourth-order valence-corrected chi connectivity index (χ4v) is 2.68. The number of rotatable bonds is 1. The number of hydrogen-bond donors (Lipinski definition) is 1. The van der Waals surface area contributed by atoms with Crippen LogP contribution in [0.1, 0.15) is 53.9 Å². The Labute approximate surface area is 109 Å². The van der Waals surface area contributed by atoms with E-state index >= 15 is 0 Å². The first-order chi connectivity index (χ1) is 8.38. The largest absolute Gasteiger partial charge is 0.458 e. The van der Waals surface area contributed by atoms with Crippen LogP contribution in [0.3, 0.4) is 0 Å². The Morgan fingerprint density at radius 3 is 2.44 bits per heavy atom. The maximum Gasteiger partial charge on any atom is 0.329 e. The Kier molecular flexibility index (Phi) is 4.77. The highest BCUT2D eigenvalue weighted by molar-refractivity contribution is 5.90. The normalized spacial score (nSPS) is 30.1. The molecule has 0 aromatic rings. The van der Waals surface area contributed by atoms with Gasteiger partial charge in [-0.3, -0.25) is 4.79 Å². The number of esters is 1. The summed E-state index contributed by atoms with van der Waals surface area (Å²) in [5, 5.41) is 2.76. The van der Waals surface area contributed by atoms with Crippen molar-refractivity contribution in [3.63, 3.8) is 0 Å². The molecule has 104 valence electrons. The van der Waals surface area contributed by atoms with Crippen LogP contribution in [0.4, 0.5) is 0 Å². The van der Waals surface area contributed by atoms with Crippen molar-refractivity contribution in [2.75, 3.05) is 0 Å². The summed E-state index contributed by atoms with van der Waals surface area (Å²) in [5.41, 5.74) is -0.488. The Hall–Kier alpha value is -1.06. The van der Waals surface area contributed by atoms with Crippen LogP contribution < -0.4 is 5.32 Å². The summed E-state index contributed by atoms with van der Waals surface area (Å²) in [4.78, 5) is 23.5. The highest BCUT2D eigenvalue weighted by Crippen LogP contribution is 2.39. The van der Waals surface area contributed by atoms with Gasteiger partial charge in [-0.2, -0.15) is 0 Å². The van der Waals surface area contributed by atoms with Crippen molar-refractivity contribution in [1.29, 1.82) is 0 Å². The molecule has 18 heavy (non-hydrogen) atoms. The lowest BCUT2D eigenvalue weighted by Crippen LogP contribution is -2.41. The summed E-state index contributed by atoms with van der Waals surface area (Å²) in [5.74, 6) is -0.0616. The van der Waals surface area contributed by atoms with Gasteiger partial charge < -0.3 is 10.1 Å². The van der Waals surface area contributed by atoms with Crippen LogP contribution in [0.2, 0.25) is 0 Å². The Morgan fingerprint density at radius 1 is 1.28 bits per heavy atom. The van der Waals surface area contributed by atoms with Crippen LogP contribution in [0.5, 0.6) is 0 Å². The van der Waals surface area contributed by atoms with E-state index in [9.17, 15) is 9.59 Å². The van der Waals surface area contributed by atoms with E-state index in [4.69, 9.17) is 4.74 Å². The van der Waals surface area contributed by atoms with Crippen molar-refractivity contribution < 1.29 is 14.3 Å². The Balaban J connectivity index is 0.000000771. The summed E-state index contributed by atoms with van der Waals surface area (Å²) < 4.78 is 5.32. The van der Waals surface area contributed by atoms with Gasteiger partial charge in [0, 0.05) is 11.8 Å². The van der Waals surface area contributed by atoms with Gasteiger partial charge in [0.2, 0.25) is 5.91 Å². The number of carbonyl (C=O) groups is 2. The van der Waals surface area contributed by atoms with Gasteiger partial charge in [-0.25, -0.2) is 4.79 Å². The van der Waals surface area contributed by atoms with Gasteiger partial charge in [0.15, 0.2) is 0 Å². The highest BCUT2D eigenvalue weighted by atomic mass is 16.6. The molecule has 2 aliphatic rings. The summed E-state index contributed by atoms with van der Waals surface area (Å²) in [7, 11) is 0. The zero-order valence-electron chi connectivity index (χ0n) is 12.1. The van der Waals surface area contributed by atoms with Gasteiger partial charge >= 0.3 is 5.97 Å². The molecule has 2 fully saturated rings. The predicted octanol–water partition coefficient (Wildman–Crippen LogP) is 2.27. The van der Waals surface area contributed by atoms with Gasteiger partial charge in [0.25, 0.3) is 0 Å². The molecule has 1 amide bonds. The van der Waals surface area contributed by atoms with Gasteiger partial charge in [0.1, 0.15) is 11.6 Å². The van der Waals surface area contributed by atoms with Crippen LogP contribution >= 0.6 is 0 Å². The van der Waals surface area contributed by atoms with Gasteiger partial charge in [-0.1, -0.05) is 20.3 Å². The van der Waals surface area contributed by atoms with Gasteiger partial charge in [-0.15, -0.1) is 0 Å². The summed E-state index contributed by atoms with van der Waals surface area (Å²) in [6, 6.07) is -0.417. The summed E-state index contributed by atoms with van der Waals surface area (Å²) >= 11 is 0. The van der Waals surface area contributed by atoms with E-state index in [0.29, 0.717) is 0 Å². The lowest BCUT2D eigenvalue weighted by atomic mass is 9.94. The van der Waals surface area contributed by atoms with Crippen LogP contribution in [-0.4, -0.2) is 23.5 Å². The molecule has 4 heteroatoms. The molecule has 1 heterocycles. The van der Waals surface area contributed by atoms with E-state index in [1.165, 1.54) is 0 Å². The second kappa shape index (κ2) is 5.72. The molecule has 0 bridgehead atoms. The zero-order chi connectivity index (χ0) is 13.9. The third-order valence-electron chi connectivity index (χ3n) is 3.29. The molecule has 0 aromatic carbocycles. The van der Waals surface area contributed by atoms with Crippen molar-refractivity contribution in [3.8, 4) is 0 Å². The van der Waals surface area contributed by atoms with E-state index < -0.39 is 11.6 Å². The molecular formula is C14H25NO3. The minimum atomic E-state index is -0.488. The van der Waals surface area contributed by atoms with E-state index in [-0.39, 0.29) is 23.7 Å². The third kappa shape index (κ3) is 3.24. The first-order valence-electron chi connectivity index (χ1n) is 6.92. The Bertz CT molecular complexity index is 319. The fraction of sp³-hybridized carbons (Fsp3) is 0.857. The SMILES string of the molecule is CC.CC(C)(C)OC(=O)C1NC(=O)C2CCCC21. The molecular weight excluding hydrogens is 230 g/mol. The smallest absolute Gasteiger partial charge is 0.329 e. The average Bonchev–Trinajstić information content (AvgIpc) is 2.83. The quantitative estimate of drug-likeness (QED) is 0.731. The molecule has 1 aliphatic carbocycles. The second-order valence-corrected chi connectivity index (χ2v) is 5.72. The standard InChI is InChI=1S/C12H19NO3.C2H6/c1-12(2,3)16-11(15)9-7-5-4-6-8(7)10(14)13-9;1-2/h7-9H,4-6H2,1-3H3,(H,13,14);1-2H3. The first kappa shape index (κ1) is 15.0. The van der Waals surface area contributed by atoms with Crippen molar-refractivity contribution in [1.82, 2.24) is 5.32 Å². The molecule has 1 aliphatic heterocycles. The maximum absolute atomic E-state index is 11.9. The Morgan fingerprint density at radius 2 is 1.89 bits per heavy atom. The first-order valence-corrected chi connectivity index (χ1v) is 6.92. The molecule has 0 spiro atoms. The molecule has 1 saturated heterocycles. The number of fused-ring (bicyclic) bond motifs is 1. The lowest BCUT2D eigenvalue weighted by molar-refractivity contribution is -0.158. The number of amides is 1. The summed E-state index contributed by atoms with van der Waals surface area (Å²) in [6.07, 6.45) is 2.91. The van der Waals surface area contributed by atoms with Crippen LogP contribution in [-0.2, 0) is 14.3 Å². The van der Waals surface area contributed by atoms with Crippen LogP contribution in [0.25, 0.3) is 0 Å². The lowest BCUT2D eigenvalue weighted by Gasteiger charge is -2.24. The molecule has 3 unspecified atom stereocenters. The summed E-state index contributed by atoms with van der Waals surface area (Å²) in [6.45, 7) is 9.52. The molecule has 2 rings (SSSR count). The van der Waals surface area contributed by atoms with Gasteiger partial charge in [-0.05, 0) is 33.6 Å². The minimum Gasteiger partial charge on any atom is -0.458 e. The average molecular weight is 255 g/mol. The van der Waals surface area contributed by atoms with Crippen LogP contribution in [0, 0.1) is 11.8 Å². The number of ether oxygens (including phenoxy) is 1. The monoisotopic (exact) mass is 255 g/mol. The topological polar surface area (TPSA) is 55.4 Å². The van der Waals surface area contributed by atoms with E-state index in [1.54, 1.807) is 0 Å².